The molecule has 0 saturated carbocycles. The molecule has 1 aromatic rings. The molecule has 0 aliphatic carbocycles. The Bertz CT molecular complexity index is 351. The van der Waals surface area contributed by atoms with E-state index in [1.807, 2.05) is 11.8 Å². The van der Waals surface area contributed by atoms with Crippen molar-refractivity contribution >= 4 is 17.6 Å². The smallest absolute Gasteiger partial charge is 0.133 e. The van der Waals surface area contributed by atoms with E-state index in [1.165, 1.54) is 5.56 Å². The number of rotatable bonds is 6. The average molecular weight is 253 g/mol. The predicted molar refractivity (Wildman–Crippen MR) is 75.9 cm³/mol. The second-order valence-corrected chi connectivity index (χ2v) is 6.25. The van der Waals surface area contributed by atoms with Gasteiger partial charge in [0, 0.05) is 17.4 Å². The normalized spacial score (nSPS) is 11.2. The van der Waals surface area contributed by atoms with Gasteiger partial charge >= 0.3 is 0 Å². The molecule has 0 aromatic carbocycles. The third-order valence-corrected chi connectivity index (χ3v) is 3.33. The minimum absolute atomic E-state index is 0.441. The highest BCUT2D eigenvalue weighted by molar-refractivity contribution is 7.99. The van der Waals surface area contributed by atoms with Gasteiger partial charge in [0.05, 0.1) is 0 Å². The molecule has 0 fully saturated rings. The molecule has 1 rings (SSSR count). The Kier molecular flexibility index (Phi) is 5.75. The van der Waals surface area contributed by atoms with Gasteiger partial charge < -0.3 is 5.32 Å². The monoisotopic (exact) mass is 253 g/mol. The van der Waals surface area contributed by atoms with Crippen molar-refractivity contribution in [2.75, 3.05) is 11.9 Å². The van der Waals surface area contributed by atoms with Gasteiger partial charge in [-0.1, -0.05) is 34.6 Å². The highest BCUT2D eigenvalue weighted by Gasteiger charge is 2.15. The summed E-state index contributed by atoms with van der Waals surface area (Å²) in [6.07, 6.45) is 2.77. The van der Waals surface area contributed by atoms with Gasteiger partial charge in [0.1, 0.15) is 17.2 Å². The SMILES string of the molecule is CCCNc1ncnc(SC(C)C)c1C(C)C. The fourth-order valence-electron chi connectivity index (χ4n) is 1.60. The largest absolute Gasteiger partial charge is 0.370 e. The maximum absolute atomic E-state index is 4.42. The summed E-state index contributed by atoms with van der Waals surface area (Å²) in [6.45, 7) is 11.9. The van der Waals surface area contributed by atoms with E-state index in [2.05, 4.69) is 49.9 Å². The maximum atomic E-state index is 4.42. The van der Waals surface area contributed by atoms with Crippen LogP contribution in [0.1, 0.15) is 52.5 Å². The summed E-state index contributed by atoms with van der Waals surface area (Å²) in [7, 11) is 0. The van der Waals surface area contributed by atoms with Crippen molar-refractivity contribution in [1.29, 1.82) is 0 Å². The molecule has 0 aliphatic rings. The molecule has 0 saturated heterocycles. The van der Waals surface area contributed by atoms with Crippen molar-refractivity contribution in [3.63, 3.8) is 0 Å². The summed E-state index contributed by atoms with van der Waals surface area (Å²) in [6, 6.07) is 0. The lowest BCUT2D eigenvalue weighted by molar-refractivity contribution is 0.798. The van der Waals surface area contributed by atoms with Gasteiger partial charge in [0.15, 0.2) is 0 Å². The molecule has 0 aliphatic heterocycles. The van der Waals surface area contributed by atoms with Crippen LogP contribution in [-0.4, -0.2) is 21.8 Å². The van der Waals surface area contributed by atoms with Crippen LogP contribution in [0.4, 0.5) is 5.82 Å². The molecule has 1 aromatic heterocycles. The molecule has 0 atom stereocenters. The Hall–Kier alpha value is -0.770. The van der Waals surface area contributed by atoms with E-state index in [0.717, 1.165) is 23.8 Å². The van der Waals surface area contributed by atoms with Crippen LogP contribution >= 0.6 is 11.8 Å². The molecule has 0 unspecified atom stereocenters. The summed E-state index contributed by atoms with van der Waals surface area (Å²) in [5.41, 5.74) is 1.25. The molecule has 3 nitrogen and oxygen atoms in total. The number of hydrogen-bond acceptors (Lipinski definition) is 4. The molecule has 0 amide bonds. The maximum Gasteiger partial charge on any atom is 0.133 e. The first-order valence-electron chi connectivity index (χ1n) is 6.31. The van der Waals surface area contributed by atoms with Crippen molar-refractivity contribution in [3.8, 4) is 0 Å². The molecule has 1 N–H and O–H groups in total. The van der Waals surface area contributed by atoms with Gasteiger partial charge in [0.2, 0.25) is 0 Å². The van der Waals surface area contributed by atoms with Crippen molar-refractivity contribution in [3.05, 3.63) is 11.9 Å². The number of aromatic nitrogens is 2. The number of nitrogens with zero attached hydrogens (tertiary/aromatic N) is 2. The van der Waals surface area contributed by atoms with E-state index < -0.39 is 0 Å². The van der Waals surface area contributed by atoms with Crippen LogP contribution < -0.4 is 5.32 Å². The second kappa shape index (κ2) is 6.84. The molecule has 0 radical (unpaired) electrons. The first-order chi connectivity index (χ1) is 8.06. The topological polar surface area (TPSA) is 37.8 Å². The Morgan fingerprint density at radius 3 is 2.47 bits per heavy atom. The van der Waals surface area contributed by atoms with Crippen LogP contribution in [0.15, 0.2) is 11.4 Å². The Balaban J connectivity index is 3.03. The number of nitrogens with one attached hydrogen (secondary N) is 1. The highest BCUT2D eigenvalue weighted by Crippen LogP contribution is 2.33. The van der Waals surface area contributed by atoms with Crippen molar-refractivity contribution < 1.29 is 0 Å². The first kappa shape index (κ1) is 14.3. The molecule has 4 heteroatoms. The fourth-order valence-corrected chi connectivity index (χ4v) is 2.62. The van der Waals surface area contributed by atoms with Gasteiger partial charge in [-0.2, -0.15) is 0 Å². The summed E-state index contributed by atoms with van der Waals surface area (Å²) in [5, 5.41) is 5.05. The molecular formula is C13H23N3S. The van der Waals surface area contributed by atoms with Crippen LogP contribution in [0, 0.1) is 0 Å². The Morgan fingerprint density at radius 1 is 1.24 bits per heavy atom. The minimum atomic E-state index is 0.441. The zero-order valence-corrected chi connectivity index (χ0v) is 12.3. The Labute approximate surface area is 109 Å². The van der Waals surface area contributed by atoms with E-state index in [-0.39, 0.29) is 0 Å². The molecular weight excluding hydrogens is 230 g/mol. The summed E-state index contributed by atoms with van der Waals surface area (Å²) < 4.78 is 0. The van der Waals surface area contributed by atoms with Gasteiger partial charge in [0.25, 0.3) is 0 Å². The van der Waals surface area contributed by atoms with Crippen LogP contribution in [0.5, 0.6) is 0 Å². The van der Waals surface area contributed by atoms with E-state index in [1.54, 1.807) is 6.33 Å². The van der Waals surface area contributed by atoms with E-state index in [4.69, 9.17) is 0 Å². The van der Waals surface area contributed by atoms with Crippen molar-refractivity contribution in [2.24, 2.45) is 0 Å². The number of anilines is 1. The predicted octanol–water partition coefficient (Wildman–Crippen LogP) is 3.92. The van der Waals surface area contributed by atoms with Gasteiger partial charge in [-0.3, -0.25) is 0 Å². The van der Waals surface area contributed by atoms with Gasteiger partial charge in [-0.15, -0.1) is 11.8 Å². The Morgan fingerprint density at radius 2 is 1.94 bits per heavy atom. The third kappa shape index (κ3) is 4.19. The lowest BCUT2D eigenvalue weighted by Crippen LogP contribution is -2.09. The van der Waals surface area contributed by atoms with Crippen LogP contribution in [0.3, 0.4) is 0 Å². The average Bonchev–Trinajstić information content (AvgIpc) is 2.25. The second-order valence-electron chi connectivity index (χ2n) is 4.69. The lowest BCUT2D eigenvalue weighted by Gasteiger charge is -2.17. The molecule has 17 heavy (non-hydrogen) atoms. The number of hydrogen-bond donors (Lipinski definition) is 1. The lowest BCUT2D eigenvalue weighted by atomic mass is 10.1. The van der Waals surface area contributed by atoms with E-state index >= 15 is 0 Å². The van der Waals surface area contributed by atoms with Crippen molar-refractivity contribution in [1.82, 2.24) is 9.97 Å². The third-order valence-electron chi connectivity index (χ3n) is 2.31. The van der Waals surface area contributed by atoms with E-state index in [9.17, 15) is 0 Å². The van der Waals surface area contributed by atoms with Crippen LogP contribution in [0.2, 0.25) is 0 Å². The molecule has 0 bridgehead atoms. The van der Waals surface area contributed by atoms with Gasteiger partial charge in [-0.05, 0) is 12.3 Å². The molecule has 0 spiro atoms. The van der Waals surface area contributed by atoms with Gasteiger partial charge in [-0.25, -0.2) is 9.97 Å². The summed E-state index contributed by atoms with van der Waals surface area (Å²) in [4.78, 5) is 8.79. The quantitative estimate of drug-likeness (QED) is 0.616. The standard InChI is InChI=1S/C13H23N3S/c1-6-7-14-12-11(9(2)3)13(16-8-15-12)17-10(4)5/h8-10H,6-7H2,1-5H3,(H,14,15,16). The molecule has 1 heterocycles. The minimum Gasteiger partial charge on any atom is -0.370 e. The number of thioether (sulfide) groups is 1. The van der Waals surface area contributed by atoms with Crippen molar-refractivity contribution in [2.45, 2.75) is 57.2 Å². The fraction of sp³-hybridized carbons (Fsp3) is 0.692. The first-order valence-corrected chi connectivity index (χ1v) is 7.19. The summed E-state index contributed by atoms with van der Waals surface area (Å²) >= 11 is 1.81. The van der Waals surface area contributed by atoms with Crippen LogP contribution in [-0.2, 0) is 0 Å². The zero-order chi connectivity index (χ0) is 12.8. The zero-order valence-electron chi connectivity index (χ0n) is 11.4. The highest BCUT2D eigenvalue weighted by atomic mass is 32.2. The summed E-state index contributed by atoms with van der Waals surface area (Å²) in [5.74, 6) is 1.44. The van der Waals surface area contributed by atoms with E-state index in [0.29, 0.717) is 11.2 Å². The van der Waals surface area contributed by atoms with Crippen LogP contribution in [0.25, 0.3) is 0 Å². The molecule has 96 valence electrons.